The van der Waals surface area contributed by atoms with Gasteiger partial charge in [0.05, 0.1) is 5.92 Å². The van der Waals surface area contributed by atoms with Crippen LogP contribution in [0.15, 0.2) is 0 Å². The van der Waals surface area contributed by atoms with Gasteiger partial charge < -0.3 is 31.4 Å². The summed E-state index contributed by atoms with van der Waals surface area (Å²) in [6.07, 6.45) is -0.430. The third kappa shape index (κ3) is 2.93. The lowest BCUT2D eigenvalue weighted by Gasteiger charge is -2.25. The van der Waals surface area contributed by atoms with Crippen LogP contribution >= 0.6 is 0 Å². The van der Waals surface area contributed by atoms with E-state index in [0.29, 0.717) is 0 Å². The molecule has 106 valence electrons. The van der Waals surface area contributed by atoms with Gasteiger partial charge >= 0.3 is 23.9 Å². The molecule has 10 heteroatoms. The molecule has 0 aromatic carbocycles. The summed E-state index contributed by atoms with van der Waals surface area (Å²) in [7, 11) is 0. The molecule has 8 N–H and O–H groups in total. The first-order valence-corrected chi connectivity index (χ1v) is 4.15. The van der Waals surface area contributed by atoms with E-state index in [1.807, 2.05) is 0 Å². The first-order chi connectivity index (χ1) is 7.22. The van der Waals surface area contributed by atoms with Gasteiger partial charge in [0.15, 0.2) is 0 Å². The van der Waals surface area contributed by atoms with Crippen LogP contribution in [0, 0.1) is 11.3 Å². The maximum atomic E-state index is 10.8. The fourth-order valence-electron chi connectivity index (χ4n) is 1.39. The zero-order chi connectivity index (χ0) is 13.1. The maximum Gasteiger partial charge on any atom is 0.333 e. The standard InChI is InChI=1S/C8H10O8.2H2O/c1-2-3(4(9)10)8(5(11)12,6(13)14)7(15)16;;/h3H,2H2,1H3,(H,9,10)(H,11,12)(H,13,14)(H,15,16);2*1H2. The summed E-state index contributed by atoms with van der Waals surface area (Å²) in [6.45, 7) is 1.20. The van der Waals surface area contributed by atoms with Crippen molar-refractivity contribution in [2.24, 2.45) is 11.3 Å². The molecule has 0 aliphatic heterocycles. The molecule has 0 fully saturated rings. The van der Waals surface area contributed by atoms with Crippen molar-refractivity contribution in [3.63, 3.8) is 0 Å². The van der Waals surface area contributed by atoms with E-state index in [1.54, 1.807) is 0 Å². The number of rotatable bonds is 6. The molecule has 0 aromatic rings. The van der Waals surface area contributed by atoms with Crippen molar-refractivity contribution in [2.45, 2.75) is 13.3 Å². The number of carboxylic acid groups (broad SMARTS) is 4. The van der Waals surface area contributed by atoms with Crippen molar-refractivity contribution in [3.8, 4) is 0 Å². The zero-order valence-electron chi connectivity index (χ0n) is 9.21. The molecular weight excluding hydrogens is 256 g/mol. The Morgan fingerprint density at radius 1 is 0.889 bits per heavy atom. The summed E-state index contributed by atoms with van der Waals surface area (Å²) in [5, 5.41) is 34.7. The largest absolute Gasteiger partial charge is 0.481 e. The molecule has 0 aliphatic carbocycles. The van der Waals surface area contributed by atoms with Gasteiger partial charge in [-0.05, 0) is 6.42 Å². The molecule has 0 bridgehead atoms. The molecule has 1 atom stereocenters. The Hall–Kier alpha value is -2.20. The highest BCUT2D eigenvalue weighted by atomic mass is 16.4. The molecule has 0 spiro atoms. The van der Waals surface area contributed by atoms with E-state index in [-0.39, 0.29) is 11.0 Å². The van der Waals surface area contributed by atoms with E-state index in [2.05, 4.69) is 0 Å². The second-order valence-corrected chi connectivity index (χ2v) is 3.02. The Balaban J connectivity index is -0.00000112. The molecule has 10 nitrogen and oxygen atoms in total. The predicted molar refractivity (Wildman–Crippen MR) is 54.0 cm³/mol. The van der Waals surface area contributed by atoms with Crippen molar-refractivity contribution in [1.29, 1.82) is 0 Å². The van der Waals surface area contributed by atoms with Crippen molar-refractivity contribution in [3.05, 3.63) is 0 Å². The molecule has 0 amide bonds. The average Bonchev–Trinajstić information content (AvgIpc) is 2.10. The molecule has 0 heterocycles. The van der Waals surface area contributed by atoms with Crippen LogP contribution in [0.2, 0.25) is 0 Å². The Morgan fingerprint density at radius 2 is 1.17 bits per heavy atom. The Morgan fingerprint density at radius 3 is 1.22 bits per heavy atom. The van der Waals surface area contributed by atoms with Crippen LogP contribution in [-0.4, -0.2) is 55.3 Å². The number of carboxylic acids is 4. The molecule has 0 rings (SSSR count). The summed E-state index contributed by atoms with van der Waals surface area (Å²) in [6, 6.07) is 0. The highest BCUT2D eigenvalue weighted by molar-refractivity contribution is 6.18. The smallest absolute Gasteiger partial charge is 0.333 e. The topological polar surface area (TPSA) is 212 Å². The van der Waals surface area contributed by atoms with Crippen molar-refractivity contribution >= 4 is 23.9 Å². The molecule has 0 aliphatic rings. The van der Waals surface area contributed by atoms with E-state index in [1.165, 1.54) is 6.92 Å². The van der Waals surface area contributed by atoms with Crippen LogP contribution in [0.3, 0.4) is 0 Å². The monoisotopic (exact) mass is 270 g/mol. The summed E-state index contributed by atoms with van der Waals surface area (Å²) in [5.74, 6) is -10.4. The first-order valence-electron chi connectivity index (χ1n) is 4.15. The Labute approximate surface area is 100 Å². The lowest BCUT2D eigenvalue weighted by atomic mass is 9.74. The van der Waals surface area contributed by atoms with Crippen LogP contribution in [0.4, 0.5) is 0 Å². The van der Waals surface area contributed by atoms with Gasteiger partial charge in [-0.15, -0.1) is 0 Å². The quantitative estimate of drug-likeness (QED) is 0.383. The van der Waals surface area contributed by atoms with Gasteiger partial charge in [-0.2, -0.15) is 0 Å². The average molecular weight is 270 g/mol. The SMILES string of the molecule is CCC(C(=O)O)C(C(=O)O)(C(=O)O)C(=O)O.O.O. The lowest BCUT2D eigenvalue weighted by Crippen LogP contribution is -2.54. The molecule has 0 saturated carbocycles. The summed E-state index contributed by atoms with van der Waals surface area (Å²) in [5.41, 5.74) is -3.36. The minimum absolute atomic E-state index is 0. The van der Waals surface area contributed by atoms with Crippen molar-refractivity contribution in [1.82, 2.24) is 0 Å². The second kappa shape index (κ2) is 7.19. The normalized spacial score (nSPS) is 11.4. The second-order valence-electron chi connectivity index (χ2n) is 3.02. The van der Waals surface area contributed by atoms with Gasteiger partial charge in [0, 0.05) is 0 Å². The fraction of sp³-hybridized carbons (Fsp3) is 0.500. The van der Waals surface area contributed by atoms with E-state index < -0.39 is 41.6 Å². The third-order valence-electron chi connectivity index (χ3n) is 2.24. The van der Waals surface area contributed by atoms with E-state index in [0.717, 1.165) is 0 Å². The molecule has 18 heavy (non-hydrogen) atoms. The van der Waals surface area contributed by atoms with Gasteiger partial charge in [-0.1, -0.05) is 6.92 Å². The van der Waals surface area contributed by atoms with Gasteiger partial charge in [-0.3, -0.25) is 19.2 Å². The highest BCUT2D eigenvalue weighted by Crippen LogP contribution is 2.32. The zero-order valence-corrected chi connectivity index (χ0v) is 9.21. The maximum absolute atomic E-state index is 10.8. The molecule has 1 unspecified atom stereocenters. The Bertz CT molecular complexity index is 310. The number of carbonyl (C=O) groups is 4. The lowest BCUT2D eigenvalue weighted by molar-refractivity contribution is -0.185. The van der Waals surface area contributed by atoms with Crippen molar-refractivity contribution in [2.75, 3.05) is 0 Å². The number of aliphatic carboxylic acids is 4. The van der Waals surface area contributed by atoms with Crippen molar-refractivity contribution < 1.29 is 50.6 Å². The first kappa shape index (κ1) is 21.1. The number of hydrogen-bond donors (Lipinski definition) is 4. The highest BCUT2D eigenvalue weighted by Gasteiger charge is 2.62. The van der Waals surface area contributed by atoms with Crippen LogP contribution in [0.1, 0.15) is 13.3 Å². The van der Waals surface area contributed by atoms with Crippen LogP contribution in [0.25, 0.3) is 0 Å². The minimum Gasteiger partial charge on any atom is -0.481 e. The predicted octanol–water partition coefficient (Wildman–Crippen LogP) is -2.31. The minimum atomic E-state index is -3.36. The van der Waals surface area contributed by atoms with Crippen LogP contribution in [0.5, 0.6) is 0 Å². The molecule has 0 saturated heterocycles. The number of hydrogen-bond acceptors (Lipinski definition) is 4. The molecule has 0 radical (unpaired) electrons. The van der Waals surface area contributed by atoms with Gasteiger partial charge in [0.2, 0.25) is 0 Å². The third-order valence-corrected chi connectivity index (χ3v) is 2.24. The van der Waals surface area contributed by atoms with Gasteiger partial charge in [0.1, 0.15) is 0 Å². The Kier molecular flexibility index (Phi) is 8.44. The van der Waals surface area contributed by atoms with E-state index in [4.69, 9.17) is 20.4 Å². The molecule has 0 aromatic heterocycles. The molecular formula is C8H14O10. The summed E-state index contributed by atoms with van der Waals surface area (Å²) < 4.78 is 0. The van der Waals surface area contributed by atoms with E-state index in [9.17, 15) is 19.2 Å². The van der Waals surface area contributed by atoms with Gasteiger partial charge in [0.25, 0.3) is 5.41 Å². The van der Waals surface area contributed by atoms with Crippen LogP contribution in [-0.2, 0) is 19.2 Å². The van der Waals surface area contributed by atoms with E-state index >= 15 is 0 Å². The summed E-state index contributed by atoms with van der Waals surface area (Å²) >= 11 is 0. The fourth-order valence-corrected chi connectivity index (χ4v) is 1.39. The van der Waals surface area contributed by atoms with Gasteiger partial charge in [-0.25, -0.2) is 0 Å². The van der Waals surface area contributed by atoms with Crippen LogP contribution < -0.4 is 0 Å². The summed E-state index contributed by atoms with van der Waals surface area (Å²) in [4.78, 5) is 43.1.